The summed E-state index contributed by atoms with van der Waals surface area (Å²) in [5, 5.41) is 4.77. The van der Waals surface area contributed by atoms with E-state index in [0.29, 0.717) is 5.69 Å². The molecule has 1 aromatic rings. The van der Waals surface area contributed by atoms with Crippen LogP contribution in [-0.4, -0.2) is 57.5 Å². The Balaban J connectivity index is 1.80. The number of likely N-dealkylation sites (N-methyl/N-ethyl adjacent to an activating group) is 1. The molecule has 7 nitrogen and oxygen atoms in total. The van der Waals surface area contributed by atoms with Gasteiger partial charge in [-0.3, -0.25) is 5.43 Å². The summed E-state index contributed by atoms with van der Waals surface area (Å²) in [6.45, 7) is 3.28. The molecular formula is C12H16FN5O2S. The van der Waals surface area contributed by atoms with E-state index in [0.717, 1.165) is 32.2 Å². The monoisotopic (exact) mass is 313 g/mol. The smallest absolute Gasteiger partial charge is 0.287 e. The number of piperazine rings is 1. The van der Waals surface area contributed by atoms with Crippen molar-refractivity contribution in [2.24, 2.45) is 4.40 Å². The summed E-state index contributed by atoms with van der Waals surface area (Å²) in [6, 6.07) is 3.57. The molecule has 0 atom stereocenters. The van der Waals surface area contributed by atoms with Gasteiger partial charge in [-0.2, -0.15) is 8.42 Å². The summed E-state index contributed by atoms with van der Waals surface area (Å²) < 4.78 is 41.0. The maximum absolute atomic E-state index is 13.2. The molecular weight excluding hydrogens is 297 g/mol. The van der Waals surface area contributed by atoms with Gasteiger partial charge in [-0.05, 0) is 25.2 Å². The molecule has 1 fully saturated rings. The van der Waals surface area contributed by atoms with Crippen molar-refractivity contribution in [2.75, 3.05) is 38.5 Å². The highest BCUT2D eigenvalue weighted by molar-refractivity contribution is 7.90. The van der Waals surface area contributed by atoms with Gasteiger partial charge < -0.3 is 10.2 Å². The van der Waals surface area contributed by atoms with Gasteiger partial charge in [0.1, 0.15) is 10.7 Å². The summed E-state index contributed by atoms with van der Waals surface area (Å²) in [4.78, 5) is 2.04. The average Bonchev–Trinajstić information content (AvgIpc) is 2.42. The maximum Gasteiger partial charge on any atom is 0.287 e. The Bertz CT molecular complexity index is 683. The van der Waals surface area contributed by atoms with Crippen molar-refractivity contribution in [1.82, 2.24) is 15.3 Å². The molecule has 0 bridgehead atoms. The first kappa shape index (κ1) is 14.2. The van der Waals surface area contributed by atoms with Crippen molar-refractivity contribution in [3.8, 4) is 0 Å². The number of guanidine groups is 1. The minimum Gasteiger partial charge on any atom is -0.323 e. The molecule has 0 saturated carbocycles. The van der Waals surface area contributed by atoms with E-state index < -0.39 is 15.8 Å². The summed E-state index contributed by atoms with van der Waals surface area (Å²) in [7, 11) is -1.86. The number of hydrogen-bond acceptors (Lipinski definition) is 6. The van der Waals surface area contributed by atoms with Crippen LogP contribution in [0.1, 0.15) is 0 Å². The first-order chi connectivity index (χ1) is 9.94. The van der Waals surface area contributed by atoms with Gasteiger partial charge >= 0.3 is 0 Å². The number of rotatable bonds is 1. The van der Waals surface area contributed by atoms with E-state index in [2.05, 4.69) is 20.0 Å². The highest BCUT2D eigenvalue weighted by Crippen LogP contribution is 2.27. The van der Waals surface area contributed by atoms with E-state index in [1.54, 1.807) is 0 Å². The van der Waals surface area contributed by atoms with Gasteiger partial charge in [0.2, 0.25) is 5.96 Å². The zero-order chi connectivity index (χ0) is 15.0. The number of fused-ring (bicyclic) bond motifs is 1. The fourth-order valence-corrected chi connectivity index (χ4v) is 3.33. The van der Waals surface area contributed by atoms with Crippen LogP contribution in [0.25, 0.3) is 0 Å². The van der Waals surface area contributed by atoms with E-state index in [4.69, 9.17) is 0 Å². The van der Waals surface area contributed by atoms with Gasteiger partial charge in [-0.1, -0.05) is 0 Å². The Morgan fingerprint density at radius 3 is 2.71 bits per heavy atom. The van der Waals surface area contributed by atoms with Crippen LogP contribution < -0.4 is 10.7 Å². The zero-order valence-electron chi connectivity index (χ0n) is 11.5. The quantitative estimate of drug-likeness (QED) is 0.763. The lowest BCUT2D eigenvalue weighted by Gasteiger charge is -2.33. The normalized spacial score (nSPS) is 22.1. The van der Waals surface area contributed by atoms with Gasteiger partial charge in [0.25, 0.3) is 10.0 Å². The minimum atomic E-state index is -3.89. The zero-order valence-corrected chi connectivity index (χ0v) is 12.3. The molecule has 2 heterocycles. The molecule has 0 amide bonds. The van der Waals surface area contributed by atoms with Crippen LogP contribution in [0, 0.1) is 5.82 Å². The molecule has 2 N–H and O–H groups in total. The molecule has 114 valence electrons. The molecule has 0 aliphatic carbocycles. The third-order valence-corrected chi connectivity index (χ3v) is 4.77. The minimum absolute atomic E-state index is 0.138. The topological polar surface area (TPSA) is 77.0 Å². The number of hydrogen-bond donors (Lipinski definition) is 2. The summed E-state index contributed by atoms with van der Waals surface area (Å²) in [5.41, 5.74) is 3.28. The average molecular weight is 313 g/mol. The van der Waals surface area contributed by atoms with Crippen LogP contribution in [0.5, 0.6) is 0 Å². The molecule has 2 aliphatic heterocycles. The van der Waals surface area contributed by atoms with Gasteiger partial charge in [-0.25, -0.2) is 9.40 Å². The van der Waals surface area contributed by atoms with Crippen molar-refractivity contribution in [3.63, 3.8) is 0 Å². The molecule has 0 radical (unpaired) electrons. The van der Waals surface area contributed by atoms with E-state index in [1.165, 1.54) is 12.1 Å². The van der Waals surface area contributed by atoms with E-state index in [1.807, 2.05) is 12.1 Å². The summed E-state index contributed by atoms with van der Waals surface area (Å²) >= 11 is 0. The number of nitrogens with one attached hydrogen (secondary N) is 2. The fraction of sp³-hybridized carbons (Fsp3) is 0.417. The molecule has 2 aliphatic rings. The second kappa shape index (κ2) is 5.24. The molecule has 0 unspecified atom stereocenters. The number of halogens is 1. The van der Waals surface area contributed by atoms with Crippen LogP contribution in [-0.2, 0) is 10.0 Å². The van der Waals surface area contributed by atoms with Crippen molar-refractivity contribution in [3.05, 3.63) is 24.0 Å². The third kappa shape index (κ3) is 2.99. The number of sulfonamides is 1. The largest absolute Gasteiger partial charge is 0.323 e. The Morgan fingerprint density at radius 1 is 1.29 bits per heavy atom. The highest BCUT2D eigenvalue weighted by atomic mass is 32.2. The van der Waals surface area contributed by atoms with Crippen LogP contribution >= 0.6 is 0 Å². The second-order valence-corrected chi connectivity index (χ2v) is 6.66. The van der Waals surface area contributed by atoms with E-state index in [-0.39, 0.29) is 10.9 Å². The first-order valence-corrected chi connectivity index (χ1v) is 8.00. The number of nitrogens with zero attached hydrogens (tertiary/aromatic N) is 3. The van der Waals surface area contributed by atoms with Gasteiger partial charge in [0, 0.05) is 26.2 Å². The van der Waals surface area contributed by atoms with Crippen LogP contribution in [0.3, 0.4) is 0 Å². The van der Waals surface area contributed by atoms with E-state index >= 15 is 0 Å². The third-order valence-electron chi connectivity index (χ3n) is 3.45. The van der Waals surface area contributed by atoms with Crippen molar-refractivity contribution >= 4 is 21.7 Å². The fourth-order valence-electron chi connectivity index (χ4n) is 2.25. The second-order valence-electron chi connectivity index (χ2n) is 5.08. The Labute approximate surface area is 122 Å². The van der Waals surface area contributed by atoms with Gasteiger partial charge in [0.15, 0.2) is 0 Å². The van der Waals surface area contributed by atoms with Crippen molar-refractivity contribution in [1.29, 1.82) is 0 Å². The highest BCUT2D eigenvalue weighted by Gasteiger charge is 2.26. The van der Waals surface area contributed by atoms with Crippen molar-refractivity contribution in [2.45, 2.75) is 4.90 Å². The Hall–Kier alpha value is -1.71. The van der Waals surface area contributed by atoms with Gasteiger partial charge in [0.05, 0.1) is 5.69 Å². The van der Waals surface area contributed by atoms with Crippen LogP contribution in [0.15, 0.2) is 27.5 Å². The SMILES string of the molecule is CN1CCN(NC2=NS(=O)(=O)c3cc(F)ccc3N2)CC1. The van der Waals surface area contributed by atoms with E-state index in [9.17, 15) is 12.8 Å². The van der Waals surface area contributed by atoms with Crippen LogP contribution in [0.4, 0.5) is 10.1 Å². The van der Waals surface area contributed by atoms with Gasteiger partial charge in [-0.15, -0.1) is 4.40 Å². The Kier molecular flexibility index (Phi) is 3.56. The van der Waals surface area contributed by atoms with Crippen molar-refractivity contribution < 1.29 is 12.8 Å². The lowest BCUT2D eigenvalue weighted by atomic mass is 10.3. The molecule has 9 heteroatoms. The summed E-state index contributed by atoms with van der Waals surface area (Å²) in [6.07, 6.45) is 0. The molecule has 1 aromatic carbocycles. The lowest BCUT2D eigenvalue weighted by Crippen LogP contribution is -2.54. The molecule has 1 saturated heterocycles. The standard InChI is InChI=1S/C12H16FN5O2S/c1-17-4-6-18(7-5-17)15-12-14-10-3-2-9(13)8-11(10)21(19,20)16-12/h2-3,8H,4-7H2,1H3,(H2,14,15,16). The predicted molar refractivity (Wildman–Crippen MR) is 76.8 cm³/mol. The Morgan fingerprint density at radius 2 is 2.00 bits per heavy atom. The molecule has 3 rings (SSSR count). The van der Waals surface area contributed by atoms with Crippen LogP contribution in [0.2, 0.25) is 0 Å². The molecule has 0 spiro atoms. The number of anilines is 1. The molecule has 21 heavy (non-hydrogen) atoms. The predicted octanol–water partition coefficient (Wildman–Crippen LogP) is 0.0479. The first-order valence-electron chi connectivity index (χ1n) is 6.56. The number of benzene rings is 1. The molecule has 0 aromatic heterocycles. The maximum atomic E-state index is 13.2. The lowest BCUT2D eigenvalue weighted by molar-refractivity contribution is 0.131. The summed E-state index contributed by atoms with van der Waals surface area (Å²) in [5.74, 6) is -0.469. The number of hydrazine groups is 1.